The number of aromatic hydroxyl groups is 1. The fraction of sp³-hybridized carbons (Fsp3) is 0.188. The van der Waals surface area contributed by atoms with E-state index in [4.69, 9.17) is 0 Å². The van der Waals surface area contributed by atoms with Crippen molar-refractivity contribution in [1.29, 1.82) is 0 Å². The standard InChI is InChI=1S/C16H15FN2O3/c1-22-15(21)16(17,19-8-2-3-9-19)11-18-10-7-12-13(18)5-4-6-14(12)20/h2-10,20H,11H2,1H3. The predicted octanol–water partition coefficient (Wildman–Crippen LogP) is 2.64. The van der Waals surface area contributed by atoms with Crippen LogP contribution in [0.3, 0.4) is 0 Å². The zero-order chi connectivity index (χ0) is 15.7. The average Bonchev–Trinajstić information content (AvgIpc) is 3.17. The minimum Gasteiger partial charge on any atom is -0.507 e. The van der Waals surface area contributed by atoms with Crippen molar-refractivity contribution in [1.82, 2.24) is 9.13 Å². The van der Waals surface area contributed by atoms with Gasteiger partial charge in [-0.2, -0.15) is 0 Å². The van der Waals surface area contributed by atoms with Gasteiger partial charge in [0.25, 0.3) is 0 Å². The van der Waals surface area contributed by atoms with Crippen molar-refractivity contribution in [3.63, 3.8) is 0 Å². The van der Waals surface area contributed by atoms with E-state index < -0.39 is 11.8 Å². The van der Waals surface area contributed by atoms with Gasteiger partial charge in [0.15, 0.2) is 0 Å². The van der Waals surface area contributed by atoms with E-state index in [9.17, 15) is 9.90 Å². The van der Waals surface area contributed by atoms with E-state index in [1.165, 1.54) is 17.0 Å². The van der Waals surface area contributed by atoms with Crippen LogP contribution < -0.4 is 0 Å². The van der Waals surface area contributed by atoms with E-state index >= 15 is 4.39 Å². The summed E-state index contributed by atoms with van der Waals surface area (Å²) in [7, 11) is 1.15. The number of nitrogens with zero attached hydrogens (tertiary/aromatic N) is 2. The summed E-state index contributed by atoms with van der Waals surface area (Å²) in [5.41, 5.74) is 0.637. The summed E-state index contributed by atoms with van der Waals surface area (Å²) in [5.74, 6) is -3.24. The maximum absolute atomic E-state index is 15.3. The lowest BCUT2D eigenvalue weighted by Crippen LogP contribution is -2.41. The van der Waals surface area contributed by atoms with E-state index in [2.05, 4.69) is 4.74 Å². The molecule has 1 unspecified atom stereocenters. The highest BCUT2D eigenvalue weighted by Gasteiger charge is 2.42. The summed E-state index contributed by atoms with van der Waals surface area (Å²) in [4.78, 5) is 12.0. The Bertz CT molecular complexity index is 810. The van der Waals surface area contributed by atoms with Crippen molar-refractivity contribution >= 4 is 16.9 Å². The van der Waals surface area contributed by atoms with Crippen LogP contribution in [0.1, 0.15) is 0 Å². The first-order chi connectivity index (χ1) is 10.6. The number of carbonyl (C=O) groups excluding carboxylic acids is 1. The maximum atomic E-state index is 15.3. The molecule has 0 aliphatic heterocycles. The first-order valence-electron chi connectivity index (χ1n) is 6.74. The second-order valence-corrected chi connectivity index (χ2v) is 4.99. The van der Waals surface area contributed by atoms with Gasteiger partial charge in [0, 0.05) is 24.0 Å². The molecule has 5 nitrogen and oxygen atoms in total. The molecular weight excluding hydrogens is 287 g/mol. The number of ether oxygens (including phenoxy) is 1. The molecule has 0 aliphatic carbocycles. The molecular formula is C16H15FN2O3. The highest BCUT2D eigenvalue weighted by atomic mass is 19.1. The molecule has 0 aliphatic rings. The number of benzene rings is 1. The van der Waals surface area contributed by atoms with Crippen molar-refractivity contribution in [3.05, 3.63) is 55.0 Å². The van der Waals surface area contributed by atoms with Crippen LogP contribution in [0.15, 0.2) is 55.0 Å². The Morgan fingerprint density at radius 3 is 2.64 bits per heavy atom. The zero-order valence-corrected chi connectivity index (χ0v) is 11.9. The molecule has 2 heterocycles. The van der Waals surface area contributed by atoms with Gasteiger partial charge in [-0.3, -0.25) is 0 Å². The van der Waals surface area contributed by atoms with E-state index in [0.29, 0.717) is 10.9 Å². The number of fused-ring (bicyclic) bond motifs is 1. The van der Waals surface area contributed by atoms with Crippen LogP contribution in [0.4, 0.5) is 4.39 Å². The fourth-order valence-corrected chi connectivity index (χ4v) is 2.55. The van der Waals surface area contributed by atoms with E-state index in [1.807, 2.05) is 0 Å². The molecule has 0 bridgehead atoms. The van der Waals surface area contributed by atoms with Gasteiger partial charge in [-0.1, -0.05) is 6.07 Å². The number of halogens is 1. The summed E-state index contributed by atoms with van der Waals surface area (Å²) in [6.07, 6.45) is 4.57. The Morgan fingerprint density at radius 2 is 1.95 bits per heavy atom. The summed E-state index contributed by atoms with van der Waals surface area (Å²) in [6, 6.07) is 9.93. The topological polar surface area (TPSA) is 56.4 Å². The first kappa shape index (κ1) is 14.2. The summed E-state index contributed by atoms with van der Waals surface area (Å²) in [6.45, 7) is -0.263. The second-order valence-electron chi connectivity index (χ2n) is 4.99. The monoisotopic (exact) mass is 302 g/mol. The molecule has 0 spiro atoms. The van der Waals surface area contributed by atoms with Gasteiger partial charge in [-0.15, -0.1) is 0 Å². The van der Waals surface area contributed by atoms with Gasteiger partial charge in [-0.25, -0.2) is 9.18 Å². The van der Waals surface area contributed by atoms with Crippen molar-refractivity contribution in [2.75, 3.05) is 7.11 Å². The Kier molecular flexibility index (Phi) is 3.36. The number of rotatable bonds is 4. The summed E-state index contributed by atoms with van der Waals surface area (Å²) >= 11 is 0. The van der Waals surface area contributed by atoms with Crippen molar-refractivity contribution in [2.45, 2.75) is 12.3 Å². The van der Waals surface area contributed by atoms with Crippen molar-refractivity contribution in [3.8, 4) is 5.75 Å². The molecule has 3 aromatic rings. The third-order valence-corrected chi connectivity index (χ3v) is 3.68. The van der Waals surface area contributed by atoms with E-state index in [-0.39, 0.29) is 12.3 Å². The van der Waals surface area contributed by atoms with Gasteiger partial charge in [-0.05, 0) is 30.3 Å². The number of aromatic nitrogens is 2. The molecule has 3 rings (SSSR count). The van der Waals surface area contributed by atoms with Crippen molar-refractivity contribution in [2.24, 2.45) is 0 Å². The van der Waals surface area contributed by atoms with Crippen molar-refractivity contribution < 1.29 is 19.0 Å². The highest BCUT2D eigenvalue weighted by Crippen LogP contribution is 2.29. The van der Waals surface area contributed by atoms with Crippen LogP contribution in [0.25, 0.3) is 10.9 Å². The van der Waals surface area contributed by atoms with Gasteiger partial charge in [0.2, 0.25) is 0 Å². The van der Waals surface area contributed by atoms with Crippen LogP contribution in [0, 0.1) is 0 Å². The van der Waals surface area contributed by atoms with Gasteiger partial charge in [0.1, 0.15) is 5.75 Å². The van der Waals surface area contributed by atoms with E-state index in [0.717, 1.165) is 7.11 Å². The van der Waals surface area contributed by atoms with Crippen LogP contribution in [0.5, 0.6) is 5.75 Å². The minimum absolute atomic E-state index is 0.111. The van der Waals surface area contributed by atoms with Gasteiger partial charge < -0.3 is 19.0 Å². The third-order valence-electron chi connectivity index (χ3n) is 3.68. The SMILES string of the molecule is COC(=O)C(F)(Cn1ccc2c(O)cccc21)n1cccc1. The number of hydrogen-bond acceptors (Lipinski definition) is 3. The van der Waals surface area contributed by atoms with Gasteiger partial charge >= 0.3 is 11.8 Å². The first-order valence-corrected chi connectivity index (χ1v) is 6.74. The smallest absolute Gasteiger partial charge is 0.367 e. The van der Waals surface area contributed by atoms with Gasteiger partial charge in [0.05, 0.1) is 19.2 Å². The minimum atomic E-state index is -2.37. The number of phenolic OH excluding ortho intramolecular Hbond substituents is 1. The normalized spacial score (nSPS) is 13.9. The second kappa shape index (κ2) is 5.22. The lowest BCUT2D eigenvalue weighted by Gasteiger charge is -2.25. The zero-order valence-electron chi connectivity index (χ0n) is 11.9. The maximum Gasteiger partial charge on any atom is 0.367 e. The molecule has 6 heteroatoms. The Hall–Kier alpha value is -2.76. The Labute approximate surface area is 126 Å². The lowest BCUT2D eigenvalue weighted by atomic mass is 10.2. The largest absolute Gasteiger partial charge is 0.507 e. The Morgan fingerprint density at radius 1 is 1.23 bits per heavy atom. The molecule has 0 saturated carbocycles. The summed E-state index contributed by atoms with van der Waals surface area (Å²) < 4.78 is 22.7. The quantitative estimate of drug-likeness (QED) is 0.754. The van der Waals surface area contributed by atoms with Crippen LogP contribution >= 0.6 is 0 Å². The molecule has 2 aromatic heterocycles. The highest BCUT2D eigenvalue weighted by molar-refractivity contribution is 5.86. The third kappa shape index (κ3) is 2.13. The molecule has 22 heavy (non-hydrogen) atoms. The molecule has 0 amide bonds. The number of esters is 1. The number of alkyl halides is 1. The van der Waals surface area contributed by atoms with Crippen LogP contribution in [-0.4, -0.2) is 27.3 Å². The number of hydrogen-bond donors (Lipinski definition) is 1. The predicted molar refractivity (Wildman–Crippen MR) is 79.1 cm³/mol. The molecule has 0 saturated heterocycles. The summed E-state index contributed by atoms with van der Waals surface area (Å²) in [5, 5.41) is 10.4. The molecule has 0 radical (unpaired) electrons. The molecule has 1 aromatic carbocycles. The lowest BCUT2D eigenvalue weighted by molar-refractivity contribution is -0.164. The average molecular weight is 302 g/mol. The molecule has 1 atom stereocenters. The number of phenols is 1. The fourth-order valence-electron chi connectivity index (χ4n) is 2.55. The molecule has 0 fully saturated rings. The molecule has 114 valence electrons. The number of methoxy groups -OCH3 is 1. The molecule has 1 N–H and O–H groups in total. The Balaban J connectivity index is 2.07. The number of carbonyl (C=O) groups is 1. The van der Waals surface area contributed by atoms with Crippen LogP contribution in [0.2, 0.25) is 0 Å². The van der Waals surface area contributed by atoms with E-state index in [1.54, 1.807) is 47.2 Å². The van der Waals surface area contributed by atoms with Crippen LogP contribution in [-0.2, 0) is 21.9 Å².